The SMILES string of the molecule is COc1cc(CNCC2(O)CCC2)c2c(c1)CC(C)O2. The molecule has 1 fully saturated rings. The van der Waals surface area contributed by atoms with Gasteiger partial charge in [0.15, 0.2) is 0 Å². The number of fused-ring (bicyclic) bond motifs is 1. The second-order valence-electron chi connectivity index (χ2n) is 6.09. The van der Waals surface area contributed by atoms with E-state index in [1.807, 2.05) is 6.07 Å². The second kappa shape index (κ2) is 5.26. The van der Waals surface area contributed by atoms with E-state index >= 15 is 0 Å². The molecule has 1 atom stereocenters. The van der Waals surface area contributed by atoms with E-state index in [9.17, 15) is 5.11 Å². The summed E-state index contributed by atoms with van der Waals surface area (Å²) in [6.45, 7) is 3.43. The van der Waals surface area contributed by atoms with Gasteiger partial charge in [-0.15, -0.1) is 0 Å². The molecule has 2 N–H and O–H groups in total. The molecule has 20 heavy (non-hydrogen) atoms. The molecule has 4 nitrogen and oxygen atoms in total. The number of nitrogens with one attached hydrogen (secondary N) is 1. The Morgan fingerprint density at radius 2 is 2.25 bits per heavy atom. The van der Waals surface area contributed by atoms with Crippen LogP contribution in [0.4, 0.5) is 0 Å². The number of benzene rings is 1. The maximum Gasteiger partial charge on any atom is 0.127 e. The van der Waals surface area contributed by atoms with Crippen LogP contribution in [0, 0.1) is 0 Å². The first kappa shape index (κ1) is 13.7. The van der Waals surface area contributed by atoms with Gasteiger partial charge in [-0.1, -0.05) is 0 Å². The van der Waals surface area contributed by atoms with Crippen LogP contribution >= 0.6 is 0 Å². The number of hydrogen-bond acceptors (Lipinski definition) is 4. The van der Waals surface area contributed by atoms with Crippen LogP contribution in [0.2, 0.25) is 0 Å². The minimum Gasteiger partial charge on any atom is -0.497 e. The zero-order valence-electron chi connectivity index (χ0n) is 12.2. The molecule has 0 bridgehead atoms. The van der Waals surface area contributed by atoms with Gasteiger partial charge in [-0.2, -0.15) is 0 Å². The normalized spacial score (nSPS) is 22.9. The average molecular weight is 277 g/mol. The smallest absolute Gasteiger partial charge is 0.127 e. The van der Waals surface area contributed by atoms with Crippen molar-refractivity contribution in [2.75, 3.05) is 13.7 Å². The minimum atomic E-state index is -0.490. The molecule has 2 aliphatic rings. The third kappa shape index (κ3) is 2.63. The zero-order valence-corrected chi connectivity index (χ0v) is 12.2. The summed E-state index contributed by atoms with van der Waals surface area (Å²) in [6, 6.07) is 4.08. The fraction of sp³-hybridized carbons (Fsp3) is 0.625. The Morgan fingerprint density at radius 3 is 2.90 bits per heavy atom. The van der Waals surface area contributed by atoms with Crippen molar-refractivity contribution in [3.8, 4) is 11.5 Å². The molecular formula is C16H23NO3. The topological polar surface area (TPSA) is 50.7 Å². The van der Waals surface area contributed by atoms with Gasteiger partial charge in [0.25, 0.3) is 0 Å². The summed E-state index contributed by atoms with van der Waals surface area (Å²) >= 11 is 0. The van der Waals surface area contributed by atoms with E-state index in [-0.39, 0.29) is 6.10 Å². The van der Waals surface area contributed by atoms with E-state index < -0.39 is 5.60 Å². The van der Waals surface area contributed by atoms with E-state index in [1.165, 1.54) is 5.56 Å². The van der Waals surface area contributed by atoms with E-state index in [0.29, 0.717) is 13.1 Å². The molecule has 1 aromatic carbocycles. The lowest BCUT2D eigenvalue weighted by Crippen LogP contribution is -2.46. The lowest BCUT2D eigenvalue weighted by atomic mass is 9.80. The first-order valence-electron chi connectivity index (χ1n) is 7.39. The molecule has 0 radical (unpaired) electrons. The van der Waals surface area contributed by atoms with Crippen LogP contribution in [0.25, 0.3) is 0 Å². The van der Waals surface area contributed by atoms with Crippen LogP contribution in [0.15, 0.2) is 12.1 Å². The van der Waals surface area contributed by atoms with Crippen LogP contribution in [0.1, 0.15) is 37.3 Å². The van der Waals surface area contributed by atoms with Crippen LogP contribution in [0.3, 0.4) is 0 Å². The van der Waals surface area contributed by atoms with E-state index in [2.05, 4.69) is 18.3 Å². The monoisotopic (exact) mass is 277 g/mol. The molecule has 1 aliphatic heterocycles. The van der Waals surface area contributed by atoms with Gasteiger partial charge in [0.1, 0.15) is 17.6 Å². The van der Waals surface area contributed by atoms with Gasteiger partial charge in [-0.25, -0.2) is 0 Å². The highest BCUT2D eigenvalue weighted by Gasteiger charge is 2.33. The molecule has 1 saturated carbocycles. The van der Waals surface area contributed by atoms with E-state index in [0.717, 1.165) is 42.7 Å². The predicted octanol–water partition coefficient (Wildman–Crippen LogP) is 2.02. The van der Waals surface area contributed by atoms with Crippen LogP contribution in [-0.4, -0.2) is 30.5 Å². The number of rotatable bonds is 5. The Kier molecular flexibility index (Phi) is 3.61. The van der Waals surface area contributed by atoms with Gasteiger partial charge in [-0.05, 0) is 38.3 Å². The summed E-state index contributed by atoms with van der Waals surface area (Å²) in [7, 11) is 1.69. The second-order valence-corrected chi connectivity index (χ2v) is 6.09. The molecule has 1 aliphatic carbocycles. The highest BCUT2D eigenvalue weighted by molar-refractivity contribution is 5.49. The van der Waals surface area contributed by atoms with Gasteiger partial charge in [0.05, 0.1) is 12.7 Å². The molecule has 1 heterocycles. The largest absolute Gasteiger partial charge is 0.497 e. The third-order valence-corrected chi connectivity index (χ3v) is 4.33. The average Bonchev–Trinajstić information content (AvgIpc) is 2.76. The Balaban J connectivity index is 1.70. The highest BCUT2D eigenvalue weighted by Crippen LogP contribution is 2.36. The summed E-state index contributed by atoms with van der Waals surface area (Å²) in [6.07, 6.45) is 4.11. The minimum absolute atomic E-state index is 0.228. The Morgan fingerprint density at radius 1 is 1.45 bits per heavy atom. The van der Waals surface area contributed by atoms with Gasteiger partial charge in [-0.3, -0.25) is 0 Å². The maximum atomic E-state index is 10.1. The Labute approximate surface area is 120 Å². The Hall–Kier alpha value is -1.26. The Bertz CT molecular complexity index is 497. The number of methoxy groups -OCH3 is 1. The third-order valence-electron chi connectivity index (χ3n) is 4.33. The summed E-state index contributed by atoms with van der Waals surface area (Å²) in [5.74, 6) is 1.87. The molecule has 110 valence electrons. The molecule has 0 saturated heterocycles. The number of ether oxygens (including phenoxy) is 2. The lowest BCUT2D eigenvalue weighted by molar-refractivity contribution is -0.0315. The lowest BCUT2D eigenvalue weighted by Gasteiger charge is -2.36. The first-order valence-corrected chi connectivity index (χ1v) is 7.39. The van der Waals surface area contributed by atoms with Crippen molar-refractivity contribution in [1.82, 2.24) is 5.32 Å². The standard InChI is InChI=1S/C16H23NO3/c1-11-6-12-7-14(19-2)8-13(15(12)20-11)9-17-10-16(18)4-3-5-16/h7-8,11,17-18H,3-6,9-10H2,1-2H3. The van der Waals surface area contributed by atoms with Gasteiger partial charge in [0.2, 0.25) is 0 Å². The van der Waals surface area contributed by atoms with Gasteiger partial charge in [0, 0.05) is 30.6 Å². The number of aliphatic hydroxyl groups is 1. The highest BCUT2D eigenvalue weighted by atomic mass is 16.5. The van der Waals surface area contributed by atoms with Crippen molar-refractivity contribution in [3.63, 3.8) is 0 Å². The van der Waals surface area contributed by atoms with Crippen molar-refractivity contribution in [3.05, 3.63) is 23.3 Å². The molecule has 1 aromatic rings. The summed E-state index contributed by atoms with van der Waals surface area (Å²) in [4.78, 5) is 0. The molecule has 0 spiro atoms. The molecule has 0 aromatic heterocycles. The molecule has 0 amide bonds. The van der Waals surface area contributed by atoms with Crippen molar-refractivity contribution >= 4 is 0 Å². The maximum absolute atomic E-state index is 10.1. The van der Waals surface area contributed by atoms with E-state index in [4.69, 9.17) is 9.47 Å². The van der Waals surface area contributed by atoms with Crippen LogP contribution < -0.4 is 14.8 Å². The van der Waals surface area contributed by atoms with Crippen LogP contribution in [0.5, 0.6) is 11.5 Å². The predicted molar refractivity (Wildman–Crippen MR) is 77.3 cm³/mol. The summed E-state index contributed by atoms with van der Waals surface area (Å²) < 4.78 is 11.3. The van der Waals surface area contributed by atoms with Crippen LogP contribution in [-0.2, 0) is 13.0 Å². The first-order chi connectivity index (χ1) is 9.59. The number of hydrogen-bond donors (Lipinski definition) is 2. The molecule has 1 unspecified atom stereocenters. The molecule has 4 heteroatoms. The van der Waals surface area contributed by atoms with Crippen molar-refractivity contribution in [2.45, 2.75) is 50.9 Å². The fourth-order valence-electron chi connectivity index (χ4n) is 3.02. The molecule has 3 rings (SSSR count). The zero-order chi connectivity index (χ0) is 14.2. The van der Waals surface area contributed by atoms with Crippen molar-refractivity contribution in [1.29, 1.82) is 0 Å². The van der Waals surface area contributed by atoms with Gasteiger partial charge >= 0.3 is 0 Å². The van der Waals surface area contributed by atoms with Gasteiger partial charge < -0.3 is 19.9 Å². The summed E-state index contributed by atoms with van der Waals surface area (Å²) in [5, 5.41) is 13.5. The van der Waals surface area contributed by atoms with Crippen molar-refractivity contribution < 1.29 is 14.6 Å². The van der Waals surface area contributed by atoms with E-state index in [1.54, 1.807) is 7.11 Å². The summed E-state index contributed by atoms with van der Waals surface area (Å²) in [5.41, 5.74) is 1.85. The molecular weight excluding hydrogens is 254 g/mol. The fourth-order valence-corrected chi connectivity index (χ4v) is 3.02. The van der Waals surface area contributed by atoms with Crippen molar-refractivity contribution in [2.24, 2.45) is 0 Å². The quantitative estimate of drug-likeness (QED) is 0.864.